The fourth-order valence-corrected chi connectivity index (χ4v) is 5.00. The Morgan fingerprint density at radius 2 is 1.95 bits per heavy atom. The van der Waals surface area contributed by atoms with Gasteiger partial charge in [-0.2, -0.15) is 18.3 Å². The third-order valence-corrected chi connectivity index (χ3v) is 6.67. The Hall–Kier alpha value is -3.45. The minimum absolute atomic E-state index is 0.0992. The van der Waals surface area contributed by atoms with E-state index in [0.29, 0.717) is 49.3 Å². The third-order valence-electron chi connectivity index (χ3n) is 6.67. The van der Waals surface area contributed by atoms with Crippen LogP contribution in [0.5, 0.6) is 0 Å². The maximum absolute atomic E-state index is 13.7. The van der Waals surface area contributed by atoms with Gasteiger partial charge in [-0.05, 0) is 39.3 Å². The van der Waals surface area contributed by atoms with Crippen LogP contribution < -0.4 is 5.73 Å². The van der Waals surface area contributed by atoms with E-state index in [0.717, 1.165) is 16.9 Å². The lowest BCUT2D eigenvalue weighted by Crippen LogP contribution is -2.45. The average Bonchev–Trinajstić information content (AvgIpc) is 3.44. The van der Waals surface area contributed by atoms with Crippen molar-refractivity contribution in [1.82, 2.24) is 29.4 Å². The molecule has 1 amide bonds. The molecule has 0 radical (unpaired) electrons. The summed E-state index contributed by atoms with van der Waals surface area (Å²) in [6.45, 7) is 6.86. The summed E-state index contributed by atoms with van der Waals surface area (Å²) in [5, 5.41) is 15.3. The Kier molecular flexibility index (Phi) is 6.02. The highest BCUT2D eigenvalue weighted by Crippen LogP contribution is 2.40. The van der Waals surface area contributed by atoms with Gasteiger partial charge in [0.1, 0.15) is 23.7 Å². The summed E-state index contributed by atoms with van der Waals surface area (Å²) in [7, 11) is 0. The van der Waals surface area contributed by atoms with E-state index in [4.69, 9.17) is 10.5 Å². The highest BCUT2D eigenvalue weighted by Gasteiger charge is 2.39. The van der Waals surface area contributed by atoms with E-state index in [9.17, 15) is 23.1 Å². The molecule has 1 saturated heterocycles. The summed E-state index contributed by atoms with van der Waals surface area (Å²) < 4.78 is 47.8. The Labute approximate surface area is 210 Å². The summed E-state index contributed by atoms with van der Waals surface area (Å²) in [6, 6.07) is 2.50. The van der Waals surface area contributed by atoms with Crippen LogP contribution in [-0.4, -0.2) is 71.9 Å². The molecule has 13 heteroatoms. The van der Waals surface area contributed by atoms with Gasteiger partial charge in [-0.1, -0.05) is 0 Å². The number of aromatic nitrogens is 4. The molecule has 3 N–H and O–H groups in total. The minimum Gasteiger partial charge on any atom is -0.444 e. The van der Waals surface area contributed by atoms with Crippen LogP contribution in [0, 0.1) is 0 Å². The predicted octanol–water partition coefficient (Wildman–Crippen LogP) is 3.25. The van der Waals surface area contributed by atoms with E-state index < -0.39 is 29.7 Å². The highest BCUT2D eigenvalue weighted by molar-refractivity contribution is 5.78. The summed E-state index contributed by atoms with van der Waals surface area (Å²) in [4.78, 5) is 24.2. The number of pyridine rings is 1. The van der Waals surface area contributed by atoms with Gasteiger partial charge in [0.05, 0.1) is 11.3 Å². The number of alkyl halides is 3. The SMILES string of the molecule is CC(C)(C)OC(=O)N1CC[C@H](N2CCc3ncc(-c4cc(C(F)(F)F)c5c(N)ncnn45)cc3[C@@H]2O)C1. The third kappa shape index (κ3) is 4.68. The molecule has 0 spiro atoms. The van der Waals surface area contributed by atoms with E-state index in [-0.39, 0.29) is 23.1 Å². The normalized spacial score (nSPS) is 20.9. The van der Waals surface area contributed by atoms with Crippen molar-refractivity contribution in [2.75, 3.05) is 25.4 Å². The van der Waals surface area contributed by atoms with Crippen molar-refractivity contribution < 1.29 is 27.8 Å². The van der Waals surface area contributed by atoms with Gasteiger partial charge in [0.25, 0.3) is 0 Å². The molecule has 0 saturated carbocycles. The molecule has 3 aromatic rings. The monoisotopic (exact) mass is 519 g/mol. The molecule has 1 fully saturated rings. The standard InChI is InChI=1S/C24H28F3N7O3/c1-23(2,3)37-22(36)32-6-4-14(11-32)33-7-5-17-15(21(33)35)8-13(10-29-17)18-9-16(24(25,26)27)19-20(28)30-12-31-34(18)19/h8-10,12,14,21,35H,4-7,11H2,1-3H3,(H2,28,30,31)/t14-,21-/m0/s1. The second kappa shape index (κ2) is 8.84. The summed E-state index contributed by atoms with van der Waals surface area (Å²) in [5.41, 5.74) is 5.53. The van der Waals surface area contributed by atoms with Gasteiger partial charge in [-0.25, -0.2) is 14.3 Å². The van der Waals surface area contributed by atoms with Gasteiger partial charge in [0, 0.05) is 55.1 Å². The Morgan fingerprint density at radius 1 is 1.19 bits per heavy atom. The number of hydrogen-bond donors (Lipinski definition) is 2. The lowest BCUT2D eigenvalue weighted by atomic mass is 9.99. The van der Waals surface area contributed by atoms with Crippen molar-refractivity contribution in [3.8, 4) is 11.3 Å². The smallest absolute Gasteiger partial charge is 0.418 e. The largest absolute Gasteiger partial charge is 0.444 e. The molecule has 5 rings (SSSR count). The number of nitrogen functional groups attached to an aromatic ring is 1. The van der Waals surface area contributed by atoms with Crippen LogP contribution in [0.2, 0.25) is 0 Å². The number of halogens is 3. The molecule has 10 nitrogen and oxygen atoms in total. The minimum atomic E-state index is -4.66. The zero-order valence-electron chi connectivity index (χ0n) is 20.7. The van der Waals surface area contributed by atoms with Gasteiger partial charge >= 0.3 is 12.3 Å². The topological polar surface area (TPSA) is 122 Å². The van der Waals surface area contributed by atoms with Crippen LogP contribution in [0.15, 0.2) is 24.7 Å². The lowest BCUT2D eigenvalue weighted by Gasteiger charge is -2.37. The number of likely N-dealkylation sites (tertiary alicyclic amines) is 1. The highest BCUT2D eigenvalue weighted by atomic mass is 19.4. The molecule has 0 bridgehead atoms. The zero-order chi connectivity index (χ0) is 26.7. The molecule has 37 heavy (non-hydrogen) atoms. The van der Waals surface area contributed by atoms with Gasteiger partial charge in [-0.15, -0.1) is 0 Å². The second-order valence-electron chi connectivity index (χ2n) is 10.3. The zero-order valence-corrected chi connectivity index (χ0v) is 20.7. The van der Waals surface area contributed by atoms with Crippen LogP contribution in [0.1, 0.15) is 50.2 Å². The van der Waals surface area contributed by atoms with Crippen molar-refractivity contribution >= 4 is 17.4 Å². The molecular weight excluding hydrogens is 491 g/mol. The van der Waals surface area contributed by atoms with E-state index in [1.165, 1.54) is 6.20 Å². The second-order valence-corrected chi connectivity index (χ2v) is 10.3. The Morgan fingerprint density at radius 3 is 2.65 bits per heavy atom. The number of amides is 1. The van der Waals surface area contributed by atoms with Crippen molar-refractivity contribution in [2.24, 2.45) is 0 Å². The van der Waals surface area contributed by atoms with Crippen LogP contribution in [0.4, 0.5) is 23.8 Å². The van der Waals surface area contributed by atoms with Crippen LogP contribution in [-0.2, 0) is 17.3 Å². The predicted molar refractivity (Wildman–Crippen MR) is 127 cm³/mol. The molecule has 0 unspecified atom stereocenters. The van der Waals surface area contributed by atoms with E-state index in [1.807, 2.05) is 4.90 Å². The number of nitrogens with zero attached hydrogens (tertiary/aromatic N) is 6. The van der Waals surface area contributed by atoms with E-state index in [1.54, 1.807) is 31.7 Å². The van der Waals surface area contributed by atoms with Crippen LogP contribution in [0.25, 0.3) is 16.8 Å². The number of nitrogens with two attached hydrogens (primary N) is 1. The van der Waals surface area contributed by atoms with E-state index in [2.05, 4.69) is 15.1 Å². The Balaban J connectivity index is 1.44. The number of fused-ring (bicyclic) bond motifs is 2. The van der Waals surface area contributed by atoms with E-state index >= 15 is 0 Å². The van der Waals surface area contributed by atoms with Gasteiger partial charge in [0.15, 0.2) is 5.82 Å². The number of anilines is 1. The summed E-state index contributed by atoms with van der Waals surface area (Å²) >= 11 is 0. The van der Waals surface area contributed by atoms with Gasteiger partial charge in [0.2, 0.25) is 0 Å². The first-order valence-corrected chi connectivity index (χ1v) is 11.9. The molecule has 0 aromatic carbocycles. The number of carbonyl (C=O) groups excluding carboxylic acids is 1. The maximum atomic E-state index is 13.7. The fourth-order valence-electron chi connectivity index (χ4n) is 5.00. The van der Waals surface area contributed by atoms with Crippen LogP contribution >= 0.6 is 0 Å². The molecule has 5 heterocycles. The lowest BCUT2D eigenvalue weighted by molar-refractivity contribution is -0.136. The first kappa shape index (κ1) is 25.2. The number of rotatable bonds is 2. The summed E-state index contributed by atoms with van der Waals surface area (Å²) in [5.74, 6) is -0.290. The first-order valence-electron chi connectivity index (χ1n) is 11.9. The van der Waals surface area contributed by atoms with Crippen molar-refractivity contribution in [3.63, 3.8) is 0 Å². The number of carbonyl (C=O) groups is 1. The average molecular weight is 520 g/mol. The molecule has 0 aliphatic carbocycles. The number of ether oxygens (including phenoxy) is 1. The quantitative estimate of drug-likeness (QED) is 0.529. The maximum Gasteiger partial charge on any atom is 0.418 e. The molecule has 2 atom stereocenters. The van der Waals surface area contributed by atoms with Crippen molar-refractivity contribution in [3.05, 3.63) is 41.5 Å². The number of aliphatic hydroxyl groups is 1. The first-order chi connectivity index (χ1) is 17.3. The number of aliphatic hydroxyl groups excluding tert-OH is 1. The number of hydrogen-bond acceptors (Lipinski definition) is 8. The van der Waals surface area contributed by atoms with Crippen LogP contribution in [0.3, 0.4) is 0 Å². The molecule has 2 aliphatic heterocycles. The van der Waals surface area contributed by atoms with Gasteiger partial charge in [-0.3, -0.25) is 9.88 Å². The van der Waals surface area contributed by atoms with Crippen molar-refractivity contribution in [2.45, 2.75) is 57.7 Å². The summed E-state index contributed by atoms with van der Waals surface area (Å²) in [6.07, 6.45) is -2.32. The van der Waals surface area contributed by atoms with Gasteiger partial charge < -0.3 is 20.5 Å². The molecule has 2 aliphatic rings. The fraction of sp³-hybridized carbons (Fsp3) is 0.500. The Bertz CT molecular complexity index is 1350. The molecule has 198 valence electrons. The van der Waals surface area contributed by atoms with Crippen molar-refractivity contribution in [1.29, 1.82) is 0 Å². The molecular formula is C24H28F3N7O3. The molecule has 3 aromatic heterocycles.